The average Bonchev–Trinajstić information content (AvgIpc) is 2.35. The summed E-state index contributed by atoms with van der Waals surface area (Å²) >= 11 is 0. The molecule has 110 valence electrons. The lowest BCUT2D eigenvalue weighted by molar-refractivity contribution is -0.160. The lowest BCUT2D eigenvalue weighted by Crippen LogP contribution is -2.29. The molecule has 0 radical (unpaired) electrons. The molecule has 1 aromatic carbocycles. The number of rotatable bonds is 6. The maximum Gasteiger partial charge on any atom is 0.335 e. The van der Waals surface area contributed by atoms with Crippen molar-refractivity contribution >= 4 is 17.6 Å². The van der Waals surface area contributed by atoms with E-state index in [2.05, 4.69) is 5.32 Å². The molecule has 0 spiro atoms. The lowest BCUT2D eigenvalue weighted by Gasteiger charge is -2.14. The number of esters is 1. The quantitative estimate of drug-likeness (QED) is 0.811. The van der Waals surface area contributed by atoms with Crippen molar-refractivity contribution in [3.8, 4) is 0 Å². The first-order chi connectivity index (χ1) is 9.38. The number of ether oxygens (including phenoxy) is 2. The van der Waals surface area contributed by atoms with Gasteiger partial charge >= 0.3 is 5.97 Å². The van der Waals surface area contributed by atoms with Gasteiger partial charge < -0.3 is 14.8 Å². The van der Waals surface area contributed by atoms with Crippen molar-refractivity contribution in [2.24, 2.45) is 0 Å². The Morgan fingerprint density at radius 2 is 1.95 bits per heavy atom. The van der Waals surface area contributed by atoms with Crippen LogP contribution in [0.15, 0.2) is 24.3 Å². The molecule has 1 unspecified atom stereocenters. The number of hydrogen-bond donors (Lipinski definition) is 1. The predicted octanol–water partition coefficient (Wildman–Crippen LogP) is 2.29. The van der Waals surface area contributed by atoms with Crippen LogP contribution < -0.4 is 5.32 Å². The third-order valence-corrected chi connectivity index (χ3v) is 2.45. The van der Waals surface area contributed by atoms with Crippen molar-refractivity contribution in [1.82, 2.24) is 0 Å². The SMILES string of the molecule is Cc1cccc(NC(=O)COC(C)C(=O)OC(C)C)c1. The van der Waals surface area contributed by atoms with Crippen LogP contribution in [0, 0.1) is 6.92 Å². The van der Waals surface area contributed by atoms with E-state index in [4.69, 9.17) is 9.47 Å². The molecular formula is C15H21NO4. The number of hydrogen-bond acceptors (Lipinski definition) is 4. The van der Waals surface area contributed by atoms with Gasteiger partial charge in [0.25, 0.3) is 0 Å². The van der Waals surface area contributed by atoms with Crippen LogP contribution in [0.3, 0.4) is 0 Å². The molecule has 0 heterocycles. The van der Waals surface area contributed by atoms with Crippen LogP contribution in [0.5, 0.6) is 0 Å². The molecule has 0 fully saturated rings. The summed E-state index contributed by atoms with van der Waals surface area (Å²) in [5.74, 6) is -0.775. The average molecular weight is 279 g/mol. The second-order valence-corrected chi connectivity index (χ2v) is 4.86. The Morgan fingerprint density at radius 3 is 2.55 bits per heavy atom. The summed E-state index contributed by atoms with van der Waals surface area (Å²) in [6, 6.07) is 7.44. The Bertz CT molecular complexity index is 471. The van der Waals surface area contributed by atoms with Crippen LogP contribution in [0.25, 0.3) is 0 Å². The number of amides is 1. The van der Waals surface area contributed by atoms with Gasteiger partial charge in [-0.25, -0.2) is 4.79 Å². The molecule has 20 heavy (non-hydrogen) atoms. The molecule has 1 amide bonds. The highest BCUT2D eigenvalue weighted by Crippen LogP contribution is 2.09. The second kappa shape index (κ2) is 7.65. The first kappa shape index (κ1) is 16.2. The van der Waals surface area contributed by atoms with Crippen LogP contribution in [0.4, 0.5) is 5.69 Å². The van der Waals surface area contributed by atoms with Gasteiger partial charge in [0.15, 0.2) is 6.10 Å². The summed E-state index contributed by atoms with van der Waals surface area (Å²) < 4.78 is 10.2. The van der Waals surface area contributed by atoms with Gasteiger partial charge in [-0.2, -0.15) is 0 Å². The summed E-state index contributed by atoms with van der Waals surface area (Å²) in [6.07, 6.45) is -0.963. The summed E-state index contributed by atoms with van der Waals surface area (Å²) in [4.78, 5) is 23.2. The van der Waals surface area contributed by atoms with Gasteiger partial charge in [-0.15, -0.1) is 0 Å². The van der Waals surface area contributed by atoms with E-state index in [1.165, 1.54) is 0 Å². The molecule has 0 saturated carbocycles. The Hall–Kier alpha value is -1.88. The molecule has 5 nitrogen and oxygen atoms in total. The Balaban J connectivity index is 2.38. The summed E-state index contributed by atoms with van der Waals surface area (Å²) in [5.41, 5.74) is 1.76. The number of nitrogens with one attached hydrogen (secondary N) is 1. The smallest absolute Gasteiger partial charge is 0.335 e. The highest BCUT2D eigenvalue weighted by molar-refractivity contribution is 5.92. The molecule has 0 aliphatic rings. The zero-order valence-electron chi connectivity index (χ0n) is 12.3. The van der Waals surface area contributed by atoms with E-state index in [-0.39, 0.29) is 18.6 Å². The first-order valence-corrected chi connectivity index (χ1v) is 6.57. The van der Waals surface area contributed by atoms with Crippen LogP contribution in [0.1, 0.15) is 26.3 Å². The standard InChI is InChI=1S/C15H21NO4/c1-10(2)20-15(18)12(4)19-9-14(17)16-13-7-5-6-11(3)8-13/h5-8,10,12H,9H2,1-4H3,(H,16,17). The summed E-state index contributed by atoms with van der Waals surface area (Å²) in [7, 11) is 0. The first-order valence-electron chi connectivity index (χ1n) is 6.57. The minimum atomic E-state index is -0.763. The van der Waals surface area contributed by atoms with Crippen LogP contribution >= 0.6 is 0 Å². The zero-order valence-corrected chi connectivity index (χ0v) is 12.3. The minimum Gasteiger partial charge on any atom is -0.461 e. The number of carbonyl (C=O) groups is 2. The molecule has 0 aliphatic carbocycles. The van der Waals surface area contributed by atoms with Crippen molar-refractivity contribution in [3.05, 3.63) is 29.8 Å². The van der Waals surface area contributed by atoms with Crippen LogP contribution in [-0.2, 0) is 19.1 Å². The van der Waals surface area contributed by atoms with Gasteiger partial charge in [0.05, 0.1) is 6.10 Å². The van der Waals surface area contributed by atoms with Crippen molar-refractivity contribution in [2.75, 3.05) is 11.9 Å². The minimum absolute atomic E-state index is 0.192. The van der Waals surface area contributed by atoms with Crippen LogP contribution in [0.2, 0.25) is 0 Å². The van der Waals surface area contributed by atoms with Crippen molar-refractivity contribution < 1.29 is 19.1 Å². The predicted molar refractivity (Wildman–Crippen MR) is 76.5 cm³/mol. The van der Waals surface area contributed by atoms with Gasteiger partial charge in [-0.1, -0.05) is 12.1 Å². The maximum atomic E-state index is 11.7. The third-order valence-electron chi connectivity index (χ3n) is 2.45. The van der Waals surface area contributed by atoms with E-state index in [9.17, 15) is 9.59 Å². The number of benzene rings is 1. The molecule has 5 heteroatoms. The van der Waals surface area contributed by atoms with Gasteiger partial charge in [-0.05, 0) is 45.4 Å². The number of carbonyl (C=O) groups excluding carboxylic acids is 2. The fourth-order valence-corrected chi connectivity index (χ4v) is 1.52. The molecule has 0 aromatic heterocycles. The van der Waals surface area contributed by atoms with Gasteiger partial charge in [0.2, 0.25) is 5.91 Å². The molecule has 0 aliphatic heterocycles. The number of aryl methyl sites for hydroxylation is 1. The Labute approximate surface area is 119 Å². The molecule has 0 bridgehead atoms. The molecule has 1 aromatic rings. The highest BCUT2D eigenvalue weighted by Gasteiger charge is 2.17. The topological polar surface area (TPSA) is 64.6 Å². The van der Waals surface area contributed by atoms with Gasteiger partial charge in [0, 0.05) is 5.69 Å². The van der Waals surface area contributed by atoms with Crippen LogP contribution in [-0.4, -0.2) is 30.7 Å². The normalized spacial score (nSPS) is 12.1. The molecular weight excluding hydrogens is 258 g/mol. The third kappa shape index (κ3) is 5.84. The fourth-order valence-electron chi connectivity index (χ4n) is 1.52. The Kier molecular flexibility index (Phi) is 6.18. The summed E-state index contributed by atoms with van der Waals surface area (Å²) in [5, 5.41) is 2.70. The van der Waals surface area contributed by atoms with Crippen molar-refractivity contribution in [1.29, 1.82) is 0 Å². The number of anilines is 1. The van der Waals surface area contributed by atoms with Gasteiger partial charge in [0.1, 0.15) is 6.61 Å². The summed E-state index contributed by atoms with van der Waals surface area (Å²) in [6.45, 7) is 6.83. The van der Waals surface area contributed by atoms with Crippen molar-refractivity contribution in [3.63, 3.8) is 0 Å². The lowest BCUT2D eigenvalue weighted by atomic mass is 10.2. The monoisotopic (exact) mass is 279 g/mol. The van der Waals surface area contributed by atoms with E-state index in [0.29, 0.717) is 5.69 Å². The Morgan fingerprint density at radius 1 is 1.25 bits per heavy atom. The van der Waals surface area contributed by atoms with Crippen molar-refractivity contribution in [2.45, 2.75) is 39.9 Å². The molecule has 0 saturated heterocycles. The molecule has 1 N–H and O–H groups in total. The second-order valence-electron chi connectivity index (χ2n) is 4.86. The maximum absolute atomic E-state index is 11.7. The fraction of sp³-hybridized carbons (Fsp3) is 0.467. The van der Waals surface area contributed by atoms with E-state index in [0.717, 1.165) is 5.56 Å². The van der Waals surface area contributed by atoms with E-state index >= 15 is 0 Å². The van der Waals surface area contributed by atoms with E-state index < -0.39 is 12.1 Å². The molecule has 1 rings (SSSR count). The molecule has 1 atom stereocenters. The van der Waals surface area contributed by atoms with E-state index in [1.54, 1.807) is 26.8 Å². The zero-order chi connectivity index (χ0) is 15.1. The largest absolute Gasteiger partial charge is 0.461 e. The van der Waals surface area contributed by atoms with E-state index in [1.807, 2.05) is 25.1 Å². The highest BCUT2D eigenvalue weighted by atomic mass is 16.6. The van der Waals surface area contributed by atoms with Gasteiger partial charge in [-0.3, -0.25) is 4.79 Å².